The topological polar surface area (TPSA) is 3.24 Å². The third-order valence-electron chi connectivity index (χ3n) is 13.1. The number of benzene rings is 11. The van der Waals surface area contributed by atoms with Gasteiger partial charge in [0, 0.05) is 16.5 Å². The van der Waals surface area contributed by atoms with Gasteiger partial charge in [-0.15, -0.1) is 0 Å². The fraction of sp³-hybridized carbons (Fsp3) is 0.0164. The average Bonchev–Trinajstić information content (AvgIpc) is 3.66. The standard InChI is InChI=1S/C61H41N/c1-3-25-46(26-4-1)61(47-27-5-2-6-28-47)55-35-14-13-32-54(55)60-56(61)36-18-38-58(60)62(57-37-17-24-44-21-9-12-31-51(44)57)59-41-45(50-33-15-22-42-19-7-10-29-48(42)50)39-40-53(59)52-34-16-23-43-20-8-11-30-49(43)52/h1-41H. The Labute approximate surface area is 362 Å². The Hall–Kier alpha value is -8.00. The molecule has 62 heavy (non-hydrogen) atoms. The van der Waals surface area contributed by atoms with E-state index in [0.717, 1.165) is 17.1 Å². The van der Waals surface area contributed by atoms with E-state index in [1.54, 1.807) is 0 Å². The highest BCUT2D eigenvalue weighted by Crippen LogP contribution is 2.60. The molecular weight excluding hydrogens is 747 g/mol. The van der Waals surface area contributed by atoms with Crippen molar-refractivity contribution in [2.24, 2.45) is 0 Å². The Morgan fingerprint density at radius 2 is 0.742 bits per heavy atom. The molecule has 0 amide bonds. The lowest BCUT2D eigenvalue weighted by Crippen LogP contribution is -2.28. The van der Waals surface area contributed by atoms with E-state index in [1.165, 1.54) is 88.0 Å². The fourth-order valence-corrected chi connectivity index (χ4v) is 10.5. The molecule has 0 spiro atoms. The van der Waals surface area contributed by atoms with Crippen LogP contribution in [-0.4, -0.2) is 0 Å². The molecule has 1 aliphatic carbocycles. The van der Waals surface area contributed by atoms with E-state index >= 15 is 0 Å². The first-order chi connectivity index (χ1) is 30.8. The van der Waals surface area contributed by atoms with Gasteiger partial charge in [0.05, 0.1) is 22.5 Å². The van der Waals surface area contributed by atoms with Crippen molar-refractivity contribution in [2.75, 3.05) is 4.90 Å². The van der Waals surface area contributed by atoms with Crippen molar-refractivity contribution in [3.63, 3.8) is 0 Å². The van der Waals surface area contributed by atoms with Gasteiger partial charge < -0.3 is 4.90 Å². The molecule has 290 valence electrons. The molecule has 11 aromatic carbocycles. The number of rotatable bonds is 7. The van der Waals surface area contributed by atoms with Crippen LogP contribution in [0.5, 0.6) is 0 Å². The normalized spacial score (nSPS) is 12.6. The third kappa shape index (κ3) is 5.49. The van der Waals surface area contributed by atoms with Gasteiger partial charge in [0.2, 0.25) is 0 Å². The van der Waals surface area contributed by atoms with Gasteiger partial charge in [-0.25, -0.2) is 0 Å². The maximum atomic E-state index is 2.58. The predicted octanol–water partition coefficient (Wildman–Crippen LogP) is 16.3. The SMILES string of the molecule is c1ccc(C2(c3ccccc3)c3ccccc3-c3c(N(c4cc(-c5cccc6ccccc56)ccc4-c4cccc5ccccc45)c4cccc5ccccc45)cccc32)cc1. The Balaban J connectivity index is 1.24. The Morgan fingerprint density at radius 3 is 1.44 bits per heavy atom. The predicted molar refractivity (Wildman–Crippen MR) is 262 cm³/mol. The first kappa shape index (κ1) is 35.9. The summed E-state index contributed by atoms with van der Waals surface area (Å²) in [6.45, 7) is 0. The van der Waals surface area contributed by atoms with Crippen molar-refractivity contribution in [2.45, 2.75) is 5.41 Å². The molecule has 0 saturated carbocycles. The first-order valence-electron chi connectivity index (χ1n) is 21.5. The summed E-state index contributed by atoms with van der Waals surface area (Å²) in [6, 6.07) is 91.9. The van der Waals surface area contributed by atoms with Crippen LogP contribution >= 0.6 is 0 Å². The van der Waals surface area contributed by atoms with Gasteiger partial charge in [0.1, 0.15) is 0 Å². The van der Waals surface area contributed by atoms with Gasteiger partial charge in [-0.05, 0) is 89.6 Å². The van der Waals surface area contributed by atoms with Crippen molar-refractivity contribution < 1.29 is 0 Å². The lowest BCUT2D eigenvalue weighted by atomic mass is 9.68. The maximum Gasteiger partial charge on any atom is 0.0714 e. The van der Waals surface area contributed by atoms with Crippen molar-refractivity contribution >= 4 is 49.4 Å². The largest absolute Gasteiger partial charge is 0.309 e. The van der Waals surface area contributed by atoms with Gasteiger partial charge in [-0.2, -0.15) is 0 Å². The minimum atomic E-state index is -0.544. The quantitative estimate of drug-likeness (QED) is 0.155. The third-order valence-corrected chi connectivity index (χ3v) is 13.1. The van der Waals surface area contributed by atoms with Gasteiger partial charge in [-0.3, -0.25) is 0 Å². The highest BCUT2D eigenvalue weighted by molar-refractivity contribution is 6.09. The van der Waals surface area contributed by atoms with E-state index in [2.05, 4.69) is 254 Å². The lowest BCUT2D eigenvalue weighted by Gasteiger charge is -2.35. The van der Waals surface area contributed by atoms with Crippen LogP contribution in [0.2, 0.25) is 0 Å². The zero-order valence-electron chi connectivity index (χ0n) is 34.1. The maximum absolute atomic E-state index is 2.58. The summed E-state index contributed by atoms with van der Waals surface area (Å²) in [6.07, 6.45) is 0. The summed E-state index contributed by atoms with van der Waals surface area (Å²) in [4.78, 5) is 2.58. The van der Waals surface area contributed by atoms with Crippen LogP contribution in [0.4, 0.5) is 17.1 Å². The number of nitrogens with zero attached hydrogens (tertiary/aromatic N) is 1. The van der Waals surface area contributed by atoms with Crippen LogP contribution in [-0.2, 0) is 5.41 Å². The Morgan fingerprint density at radius 1 is 0.274 bits per heavy atom. The van der Waals surface area contributed by atoms with Crippen LogP contribution in [0.3, 0.4) is 0 Å². The molecule has 0 aliphatic heterocycles. The molecule has 0 saturated heterocycles. The molecule has 0 bridgehead atoms. The monoisotopic (exact) mass is 787 g/mol. The molecule has 0 N–H and O–H groups in total. The smallest absolute Gasteiger partial charge is 0.0714 e. The molecule has 0 aromatic heterocycles. The molecule has 0 radical (unpaired) electrons. The Bertz CT molecular complexity index is 3420. The molecule has 0 fully saturated rings. The van der Waals surface area contributed by atoms with E-state index in [4.69, 9.17) is 0 Å². The summed E-state index contributed by atoms with van der Waals surface area (Å²) in [7, 11) is 0. The second kappa shape index (κ2) is 14.6. The molecule has 11 aromatic rings. The minimum Gasteiger partial charge on any atom is -0.309 e. The summed E-state index contributed by atoms with van der Waals surface area (Å²) in [5, 5.41) is 7.30. The summed E-state index contributed by atoms with van der Waals surface area (Å²) in [5.74, 6) is 0. The molecule has 0 unspecified atom stereocenters. The summed E-state index contributed by atoms with van der Waals surface area (Å²) in [5.41, 5.74) is 15.1. The zero-order valence-corrected chi connectivity index (χ0v) is 34.1. The van der Waals surface area contributed by atoms with Crippen molar-refractivity contribution in [3.8, 4) is 33.4 Å². The number of hydrogen-bond donors (Lipinski definition) is 0. The van der Waals surface area contributed by atoms with Gasteiger partial charge in [0.15, 0.2) is 0 Å². The van der Waals surface area contributed by atoms with E-state index in [1.807, 2.05) is 0 Å². The number of hydrogen-bond acceptors (Lipinski definition) is 1. The highest BCUT2D eigenvalue weighted by atomic mass is 15.2. The molecule has 0 atom stereocenters. The summed E-state index contributed by atoms with van der Waals surface area (Å²) >= 11 is 0. The fourth-order valence-electron chi connectivity index (χ4n) is 10.5. The number of anilines is 3. The van der Waals surface area contributed by atoms with Crippen molar-refractivity contribution in [3.05, 3.63) is 271 Å². The number of fused-ring (bicyclic) bond motifs is 6. The van der Waals surface area contributed by atoms with Crippen LogP contribution < -0.4 is 4.90 Å². The van der Waals surface area contributed by atoms with Crippen LogP contribution in [0.15, 0.2) is 249 Å². The van der Waals surface area contributed by atoms with E-state index < -0.39 is 5.41 Å². The molecular formula is C61H41N. The van der Waals surface area contributed by atoms with Crippen LogP contribution in [0, 0.1) is 0 Å². The lowest BCUT2D eigenvalue weighted by molar-refractivity contribution is 0.768. The van der Waals surface area contributed by atoms with Gasteiger partial charge in [0.25, 0.3) is 0 Å². The molecule has 0 heterocycles. The second-order valence-electron chi connectivity index (χ2n) is 16.3. The minimum absolute atomic E-state index is 0.544. The van der Waals surface area contributed by atoms with Gasteiger partial charge >= 0.3 is 0 Å². The highest BCUT2D eigenvalue weighted by Gasteiger charge is 2.47. The van der Waals surface area contributed by atoms with Crippen LogP contribution in [0.1, 0.15) is 22.3 Å². The second-order valence-corrected chi connectivity index (χ2v) is 16.3. The first-order valence-corrected chi connectivity index (χ1v) is 21.5. The summed E-state index contributed by atoms with van der Waals surface area (Å²) < 4.78 is 0. The van der Waals surface area contributed by atoms with Crippen molar-refractivity contribution in [1.29, 1.82) is 0 Å². The van der Waals surface area contributed by atoms with E-state index in [0.29, 0.717) is 0 Å². The Kier molecular flexibility index (Phi) is 8.47. The average molecular weight is 788 g/mol. The van der Waals surface area contributed by atoms with E-state index in [9.17, 15) is 0 Å². The van der Waals surface area contributed by atoms with Crippen LogP contribution in [0.25, 0.3) is 65.7 Å². The van der Waals surface area contributed by atoms with E-state index in [-0.39, 0.29) is 0 Å². The zero-order chi connectivity index (χ0) is 41.0. The van der Waals surface area contributed by atoms with Crippen molar-refractivity contribution in [1.82, 2.24) is 0 Å². The molecule has 1 nitrogen and oxygen atoms in total. The molecule has 1 heteroatoms. The molecule has 1 aliphatic rings. The molecule has 12 rings (SSSR count). The van der Waals surface area contributed by atoms with Gasteiger partial charge in [-0.1, -0.05) is 231 Å².